The normalized spacial score (nSPS) is 10.6. The van der Waals surface area contributed by atoms with Crippen LogP contribution >= 0.6 is 0 Å². The summed E-state index contributed by atoms with van der Waals surface area (Å²) in [6.07, 6.45) is 2.95. The number of hydrogen-bond donors (Lipinski definition) is 2. The average molecular weight is 285 g/mol. The van der Waals surface area contributed by atoms with Gasteiger partial charge < -0.3 is 4.57 Å². The van der Waals surface area contributed by atoms with Crippen LogP contribution in [0.1, 0.15) is 47.1 Å². The second-order valence-corrected chi connectivity index (χ2v) is 5.35. The molecule has 0 aliphatic carbocycles. The summed E-state index contributed by atoms with van der Waals surface area (Å²) in [5.41, 5.74) is 6.50. The molecular weight excluding hydrogens is 262 g/mol. The topological polar surface area (TPSA) is 60.0 Å². The van der Waals surface area contributed by atoms with Crippen LogP contribution in [0.15, 0.2) is 36.4 Å². The van der Waals surface area contributed by atoms with Crippen molar-refractivity contribution in [2.75, 3.05) is 0 Å². The van der Waals surface area contributed by atoms with Crippen LogP contribution in [0.5, 0.6) is 0 Å². The Morgan fingerprint density at radius 1 is 1.19 bits per heavy atom. The molecule has 21 heavy (non-hydrogen) atoms. The molecular formula is C17H23N3O. The van der Waals surface area contributed by atoms with Crippen LogP contribution in [0.3, 0.4) is 0 Å². The van der Waals surface area contributed by atoms with E-state index >= 15 is 0 Å². The van der Waals surface area contributed by atoms with Crippen molar-refractivity contribution in [3.63, 3.8) is 0 Å². The van der Waals surface area contributed by atoms with Crippen molar-refractivity contribution in [1.82, 2.24) is 9.99 Å². The van der Waals surface area contributed by atoms with Crippen molar-refractivity contribution < 1.29 is 4.79 Å². The van der Waals surface area contributed by atoms with Crippen LogP contribution in [-0.4, -0.2) is 10.5 Å². The Labute approximate surface area is 125 Å². The molecule has 2 aromatic rings. The van der Waals surface area contributed by atoms with E-state index in [1.54, 1.807) is 0 Å². The van der Waals surface area contributed by atoms with Gasteiger partial charge in [0.2, 0.25) is 0 Å². The summed E-state index contributed by atoms with van der Waals surface area (Å²) in [4.78, 5) is 11.9. The molecule has 1 aromatic carbocycles. The van der Waals surface area contributed by atoms with Crippen molar-refractivity contribution >= 4 is 5.91 Å². The summed E-state index contributed by atoms with van der Waals surface area (Å²) in [5.74, 6) is 5.03. The first-order valence-corrected chi connectivity index (χ1v) is 7.40. The van der Waals surface area contributed by atoms with E-state index in [-0.39, 0.29) is 5.91 Å². The van der Waals surface area contributed by atoms with E-state index in [2.05, 4.69) is 48.1 Å². The molecule has 0 saturated heterocycles. The number of hydrogen-bond acceptors (Lipinski definition) is 2. The zero-order chi connectivity index (χ0) is 15.2. The molecule has 0 saturated carbocycles. The number of nitrogens with two attached hydrogens (primary N) is 1. The second-order valence-electron chi connectivity index (χ2n) is 5.35. The zero-order valence-electron chi connectivity index (χ0n) is 12.7. The summed E-state index contributed by atoms with van der Waals surface area (Å²) in [6.45, 7) is 5.07. The van der Waals surface area contributed by atoms with Crippen molar-refractivity contribution in [2.45, 2.75) is 39.7 Å². The SMILES string of the molecule is CCCCn1c(Cc2ccc(C)cc2)ccc1C(=O)NN. The first-order chi connectivity index (χ1) is 10.2. The molecule has 0 radical (unpaired) electrons. The van der Waals surface area contributed by atoms with Gasteiger partial charge in [-0.3, -0.25) is 10.2 Å². The van der Waals surface area contributed by atoms with Crippen LogP contribution in [0.2, 0.25) is 0 Å². The minimum absolute atomic E-state index is 0.235. The third kappa shape index (κ3) is 3.73. The largest absolute Gasteiger partial charge is 0.340 e. The van der Waals surface area contributed by atoms with Crippen molar-refractivity contribution in [2.24, 2.45) is 5.84 Å². The van der Waals surface area contributed by atoms with E-state index in [1.165, 1.54) is 11.1 Å². The van der Waals surface area contributed by atoms with Gasteiger partial charge in [0.15, 0.2) is 0 Å². The highest BCUT2D eigenvalue weighted by Crippen LogP contribution is 2.16. The molecule has 4 nitrogen and oxygen atoms in total. The Morgan fingerprint density at radius 2 is 1.90 bits per heavy atom. The number of benzene rings is 1. The Kier molecular flexibility index (Phi) is 5.17. The molecule has 0 atom stereocenters. The molecule has 4 heteroatoms. The lowest BCUT2D eigenvalue weighted by Crippen LogP contribution is -2.32. The number of nitrogen functional groups attached to an aromatic ring is 1. The maximum Gasteiger partial charge on any atom is 0.281 e. The summed E-state index contributed by atoms with van der Waals surface area (Å²) < 4.78 is 2.07. The molecule has 1 aromatic heterocycles. The van der Waals surface area contributed by atoms with Gasteiger partial charge in [-0.15, -0.1) is 0 Å². The van der Waals surface area contributed by atoms with Gasteiger partial charge in [0.25, 0.3) is 5.91 Å². The molecule has 1 amide bonds. The fourth-order valence-electron chi connectivity index (χ4n) is 2.43. The van der Waals surface area contributed by atoms with Crippen molar-refractivity contribution in [3.8, 4) is 0 Å². The Bertz CT molecular complexity index is 599. The molecule has 0 aliphatic heterocycles. The van der Waals surface area contributed by atoms with E-state index in [4.69, 9.17) is 5.84 Å². The predicted octanol–water partition coefficient (Wildman–Crippen LogP) is 2.79. The van der Waals surface area contributed by atoms with E-state index < -0.39 is 0 Å². The third-order valence-electron chi connectivity index (χ3n) is 3.68. The smallest absolute Gasteiger partial charge is 0.281 e. The Hall–Kier alpha value is -2.07. The summed E-state index contributed by atoms with van der Waals surface area (Å²) >= 11 is 0. The molecule has 1 heterocycles. The van der Waals surface area contributed by atoms with Gasteiger partial charge in [-0.2, -0.15) is 0 Å². The number of carbonyl (C=O) groups excluding carboxylic acids is 1. The first-order valence-electron chi connectivity index (χ1n) is 7.40. The lowest BCUT2D eigenvalue weighted by atomic mass is 10.1. The standard InChI is InChI=1S/C17H23N3O/c1-3-4-11-20-15(9-10-16(20)17(21)19-18)12-14-7-5-13(2)6-8-14/h5-10H,3-4,11-12,18H2,1-2H3,(H,19,21). The number of nitrogens with one attached hydrogen (secondary N) is 1. The number of unbranched alkanes of at least 4 members (excludes halogenated alkanes) is 1. The first kappa shape index (κ1) is 15.3. The predicted molar refractivity (Wildman–Crippen MR) is 85.0 cm³/mol. The van der Waals surface area contributed by atoms with Crippen LogP contribution in [-0.2, 0) is 13.0 Å². The average Bonchev–Trinajstić information content (AvgIpc) is 2.89. The van der Waals surface area contributed by atoms with Gasteiger partial charge in [0.05, 0.1) is 0 Å². The highest BCUT2D eigenvalue weighted by Gasteiger charge is 2.14. The number of aromatic nitrogens is 1. The lowest BCUT2D eigenvalue weighted by Gasteiger charge is -2.12. The van der Waals surface area contributed by atoms with Crippen LogP contribution in [0.25, 0.3) is 0 Å². The fraction of sp³-hybridized carbons (Fsp3) is 0.353. The van der Waals surface area contributed by atoms with E-state index in [9.17, 15) is 4.79 Å². The van der Waals surface area contributed by atoms with Crippen LogP contribution < -0.4 is 11.3 Å². The van der Waals surface area contributed by atoms with Crippen molar-refractivity contribution in [1.29, 1.82) is 0 Å². The zero-order valence-corrected chi connectivity index (χ0v) is 12.7. The quantitative estimate of drug-likeness (QED) is 0.487. The van der Waals surface area contributed by atoms with Crippen LogP contribution in [0, 0.1) is 6.92 Å². The monoisotopic (exact) mass is 285 g/mol. The van der Waals surface area contributed by atoms with Gasteiger partial charge >= 0.3 is 0 Å². The Morgan fingerprint density at radius 3 is 2.52 bits per heavy atom. The van der Waals surface area contributed by atoms with Gasteiger partial charge in [-0.05, 0) is 31.0 Å². The minimum atomic E-state index is -0.235. The van der Waals surface area contributed by atoms with Gasteiger partial charge in [0.1, 0.15) is 5.69 Å². The highest BCUT2D eigenvalue weighted by atomic mass is 16.2. The lowest BCUT2D eigenvalue weighted by molar-refractivity contribution is 0.0944. The summed E-state index contributed by atoms with van der Waals surface area (Å²) in [5, 5.41) is 0. The number of carbonyl (C=O) groups is 1. The molecule has 3 N–H and O–H groups in total. The molecule has 112 valence electrons. The Balaban J connectivity index is 2.27. The number of rotatable bonds is 6. The number of amides is 1. The minimum Gasteiger partial charge on any atom is -0.340 e. The maximum absolute atomic E-state index is 11.9. The van der Waals surface area contributed by atoms with E-state index in [0.717, 1.165) is 31.5 Å². The van der Waals surface area contributed by atoms with Crippen LogP contribution in [0.4, 0.5) is 0 Å². The fourth-order valence-corrected chi connectivity index (χ4v) is 2.43. The number of hydrazine groups is 1. The molecule has 0 spiro atoms. The van der Waals surface area contributed by atoms with Gasteiger partial charge in [0, 0.05) is 18.7 Å². The second kappa shape index (κ2) is 7.09. The van der Waals surface area contributed by atoms with E-state index in [1.807, 2.05) is 12.1 Å². The van der Waals surface area contributed by atoms with E-state index in [0.29, 0.717) is 5.69 Å². The molecule has 0 fully saturated rings. The molecule has 0 bridgehead atoms. The summed E-state index contributed by atoms with van der Waals surface area (Å²) in [6, 6.07) is 12.4. The molecule has 0 unspecified atom stereocenters. The molecule has 2 rings (SSSR count). The van der Waals surface area contributed by atoms with Gasteiger partial charge in [-0.1, -0.05) is 43.2 Å². The summed E-state index contributed by atoms with van der Waals surface area (Å²) in [7, 11) is 0. The highest BCUT2D eigenvalue weighted by molar-refractivity contribution is 5.92. The maximum atomic E-state index is 11.9. The number of aryl methyl sites for hydroxylation is 1. The molecule has 0 aliphatic rings. The number of nitrogens with zero attached hydrogens (tertiary/aromatic N) is 1. The van der Waals surface area contributed by atoms with Gasteiger partial charge in [-0.25, -0.2) is 5.84 Å². The third-order valence-corrected chi connectivity index (χ3v) is 3.68. The van der Waals surface area contributed by atoms with Crippen molar-refractivity contribution in [3.05, 3.63) is 58.9 Å².